The van der Waals surface area contributed by atoms with Crippen molar-refractivity contribution in [3.63, 3.8) is 0 Å². The summed E-state index contributed by atoms with van der Waals surface area (Å²) >= 11 is 1.74. The third kappa shape index (κ3) is 6.27. The van der Waals surface area contributed by atoms with Crippen LogP contribution >= 0.6 is 11.8 Å². The summed E-state index contributed by atoms with van der Waals surface area (Å²) in [5.74, 6) is 0.654. The van der Waals surface area contributed by atoms with Crippen LogP contribution in [0.1, 0.15) is 18.4 Å². The van der Waals surface area contributed by atoms with Gasteiger partial charge in [0, 0.05) is 29.5 Å². The molecule has 3 atom stereocenters. The monoisotopic (exact) mass is 401 g/mol. The van der Waals surface area contributed by atoms with Crippen LogP contribution in [0.3, 0.4) is 0 Å². The molecule has 0 bridgehead atoms. The van der Waals surface area contributed by atoms with Crippen molar-refractivity contribution in [2.45, 2.75) is 42.7 Å². The molecule has 28 heavy (non-hydrogen) atoms. The largest absolute Gasteiger partial charge is 0.465 e. The van der Waals surface area contributed by atoms with E-state index in [2.05, 4.69) is 41.9 Å². The van der Waals surface area contributed by atoms with Crippen molar-refractivity contribution in [1.29, 1.82) is 0 Å². The molecule has 6 heteroatoms. The van der Waals surface area contributed by atoms with E-state index in [1.807, 2.05) is 30.5 Å². The number of ether oxygens (including phenoxy) is 2. The second kappa shape index (κ2) is 10.5. The van der Waals surface area contributed by atoms with Gasteiger partial charge in [-0.3, -0.25) is 0 Å². The lowest BCUT2D eigenvalue weighted by Gasteiger charge is -2.32. The predicted molar refractivity (Wildman–Crippen MR) is 113 cm³/mol. The molecule has 0 radical (unpaired) electrons. The first-order valence-electron chi connectivity index (χ1n) is 9.42. The molecule has 1 aliphatic rings. The minimum atomic E-state index is -0.559. The summed E-state index contributed by atoms with van der Waals surface area (Å²) in [7, 11) is 0. The number of rotatable bonds is 8. The zero-order valence-electron chi connectivity index (χ0n) is 16.0. The minimum absolute atomic E-state index is 0.122. The molecule has 150 valence electrons. The van der Waals surface area contributed by atoms with Gasteiger partial charge in [-0.25, -0.2) is 0 Å². The highest BCUT2D eigenvalue weighted by Crippen LogP contribution is 2.25. The fourth-order valence-electron chi connectivity index (χ4n) is 3.06. The molecule has 0 amide bonds. The van der Waals surface area contributed by atoms with E-state index in [9.17, 15) is 10.2 Å². The Hall–Kier alpha value is -1.99. The van der Waals surface area contributed by atoms with Crippen molar-refractivity contribution in [2.75, 3.05) is 18.2 Å². The standard InChI is InChI=1S/C22H27NO4S/c1-28-21-9-7-16(8-10-21)4-3-11-23-17-5-2-6-19(12-17)26-22-14-18(25)13-20(15-24)27-22/h2-3,5-12,18,20,22-25H,4,13-15H2,1H3/b11-3+. The Bertz CT molecular complexity index is 765. The van der Waals surface area contributed by atoms with Gasteiger partial charge in [0.2, 0.25) is 6.29 Å². The number of aliphatic hydroxyl groups excluding tert-OH is 2. The zero-order chi connectivity index (χ0) is 19.8. The molecule has 2 aromatic carbocycles. The van der Waals surface area contributed by atoms with Gasteiger partial charge in [-0.1, -0.05) is 24.3 Å². The highest BCUT2D eigenvalue weighted by molar-refractivity contribution is 7.98. The number of allylic oxidation sites excluding steroid dienone is 1. The maximum absolute atomic E-state index is 9.89. The molecule has 1 saturated heterocycles. The molecule has 3 rings (SSSR count). The van der Waals surface area contributed by atoms with E-state index in [1.54, 1.807) is 11.8 Å². The van der Waals surface area contributed by atoms with Crippen LogP contribution in [0.25, 0.3) is 0 Å². The third-order valence-corrected chi connectivity index (χ3v) is 5.27. The molecule has 2 aromatic rings. The highest BCUT2D eigenvalue weighted by Gasteiger charge is 2.29. The number of benzene rings is 2. The van der Waals surface area contributed by atoms with E-state index in [0.717, 1.165) is 12.1 Å². The van der Waals surface area contributed by atoms with Crippen LogP contribution in [0.4, 0.5) is 5.69 Å². The molecule has 1 heterocycles. The Morgan fingerprint density at radius 2 is 2.04 bits per heavy atom. The molecule has 3 N–H and O–H groups in total. The van der Waals surface area contributed by atoms with Crippen molar-refractivity contribution in [3.8, 4) is 5.75 Å². The fourth-order valence-corrected chi connectivity index (χ4v) is 3.47. The number of anilines is 1. The first kappa shape index (κ1) is 20.7. The van der Waals surface area contributed by atoms with E-state index in [0.29, 0.717) is 18.6 Å². The Labute approximate surface area is 170 Å². The van der Waals surface area contributed by atoms with Crippen molar-refractivity contribution >= 4 is 17.4 Å². The summed E-state index contributed by atoms with van der Waals surface area (Å²) in [5.41, 5.74) is 2.17. The first-order chi connectivity index (χ1) is 13.7. The van der Waals surface area contributed by atoms with Gasteiger partial charge in [0.1, 0.15) is 5.75 Å². The lowest BCUT2D eigenvalue weighted by Crippen LogP contribution is -2.40. The molecule has 1 fully saturated rings. The van der Waals surface area contributed by atoms with Crippen molar-refractivity contribution in [2.24, 2.45) is 0 Å². The normalized spacial score (nSPS) is 22.3. The number of hydrogen-bond donors (Lipinski definition) is 3. The first-order valence-corrected chi connectivity index (χ1v) is 10.6. The van der Waals surface area contributed by atoms with Gasteiger partial charge in [-0.2, -0.15) is 0 Å². The maximum atomic E-state index is 9.89. The van der Waals surface area contributed by atoms with Crippen molar-refractivity contribution < 1.29 is 19.7 Å². The summed E-state index contributed by atoms with van der Waals surface area (Å²) in [6, 6.07) is 16.1. The van der Waals surface area contributed by atoms with Crippen LogP contribution in [0.2, 0.25) is 0 Å². The molecular weight excluding hydrogens is 374 g/mol. The molecular formula is C22H27NO4S. The number of hydrogen-bond acceptors (Lipinski definition) is 6. The van der Waals surface area contributed by atoms with Gasteiger partial charge in [0.25, 0.3) is 0 Å². The molecule has 0 aromatic heterocycles. The van der Waals surface area contributed by atoms with Crippen LogP contribution in [-0.2, 0) is 11.2 Å². The summed E-state index contributed by atoms with van der Waals surface area (Å²) in [5, 5.41) is 22.4. The van der Waals surface area contributed by atoms with Gasteiger partial charge < -0.3 is 25.0 Å². The molecule has 3 unspecified atom stereocenters. The van der Waals surface area contributed by atoms with Crippen LogP contribution in [0.5, 0.6) is 5.75 Å². The van der Waals surface area contributed by atoms with Gasteiger partial charge in [0.05, 0.1) is 18.8 Å². The summed E-state index contributed by atoms with van der Waals surface area (Å²) in [6.45, 7) is -0.122. The van der Waals surface area contributed by atoms with Crippen molar-refractivity contribution in [3.05, 3.63) is 66.4 Å². The third-order valence-electron chi connectivity index (χ3n) is 4.53. The summed E-state index contributed by atoms with van der Waals surface area (Å²) in [4.78, 5) is 1.27. The maximum Gasteiger partial charge on any atom is 0.202 e. The van der Waals surface area contributed by atoms with Crippen LogP contribution in [0, 0.1) is 0 Å². The highest BCUT2D eigenvalue weighted by atomic mass is 32.2. The molecule has 0 saturated carbocycles. The fraction of sp³-hybridized carbons (Fsp3) is 0.364. The Kier molecular flexibility index (Phi) is 7.80. The van der Waals surface area contributed by atoms with E-state index < -0.39 is 12.4 Å². The zero-order valence-corrected chi connectivity index (χ0v) is 16.8. The van der Waals surface area contributed by atoms with E-state index in [-0.39, 0.29) is 12.7 Å². The van der Waals surface area contributed by atoms with E-state index in [4.69, 9.17) is 9.47 Å². The topological polar surface area (TPSA) is 71.0 Å². The molecule has 1 aliphatic heterocycles. The SMILES string of the molecule is CSc1ccc(C/C=C/Nc2cccc(OC3CC(O)CC(CO)O3)c2)cc1. The number of nitrogens with one attached hydrogen (secondary N) is 1. The molecule has 0 aliphatic carbocycles. The summed E-state index contributed by atoms with van der Waals surface area (Å²) < 4.78 is 11.5. The molecule has 0 spiro atoms. The Morgan fingerprint density at radius 1 is 1.21 bits per heavy atom. The van der Waals surface area contributed by atoms with Crippen molar-refractivity contribution in [1.82, 2.24) is 0 Å². The van der Waals surface area contributed by atoms with Crippen LogP contribution < -0.4 is 10.1 Å². The van der Waals surface area contributed by atoms with Gasteiger partial charge >= 0.3 is 0 Å². The quantitative estimate of drug-likeness (QED) is 0.584. The minimum Gasteiger partial charge on any atom is -0.465 e. The van der Waals surface area contributed by atoms with E-state index >= 15 is 0 Å². The van der Waals surface area contributed by atoms with Crippen LogP contribution in [0.15, 0.2) is 65.7 Å². The average Bonchev–Trinajstić information content (AvgIpc) is 2.71. The van der Waals surface area contributed by atoms with Crippen LogP contribution in [-0.4, -0.2) is 41.6 Å². The van der Waals surface area contributed by atoms with Gasteiger partial charge in [-0.05, 0) is 48.7 Å². The van der Waals surface area contributed by atoms with Gasteiger partial charge in [-0.15, -0.1) is 11.8 Å². The second-order valence-electron chi connectivity index (χ2n) is 6.74. The Balaban J connectivity index is 1.51. The smallest absolute Gasteiger partial charge is 0.202 e. The predicted octanol–water partition coefficient (Wildman–Crippen LogP) is 3.81. The number of thioether (sulfide) groups is 1. The second-order valence-corrected chi connectivity index (χ2v) is 7.62. The average molecular weight is 402 g/mol. The lowest BCUT2D eigenvalue weighted by molar-refractivity contribution is -0.184. The number of aliphatic hydroxyl groups is 2. The Morgan fingerprint density at radius 3 is 2.79 bits per heavy atom. The molecule has 5 nitrogen and oxygen atoms in total. The van der Waals surface area contributed by atoms with E-state index in [1.165, 1.54) is 10.5 Å². The lowest BCUT2D eigenvalue weighted by atomic mass is 10.1. The van der Waals surface area contributed by atoms with Gasteiger partial charge in [0.15, 0.2) is 0 Å². The summed E-state index contributed by atoms with van der Waals surface area (Å²) in [6.07, 6.45) is 6.28.